The zero-order valence-electron chi connectivity index (χ0n) is 9.82. The second-order valence-electron chi connectivity index (χ2n) is 5.48. The molecule has 0 fully saturated rings. The van der Waals surface area contributed by atoms with Gasteiger partial charge in [-0.3, -0.25) is 0 Å². The third-order valence-electron chi connectivity index (χ3n) is 3.24. The summed E-state index contributed by atoms with van der Waals surface area (Å²) in [7, 11) is 0. The summed E-state index contributed by atoms with van der Waals surface area (Å²) < 4.78 is 0. The molecule has 0 aliphatic carbocycles. The van der Waals surface area contributed by atoms with E-state index < -0.39 is 0 Å². The minimum Gasteiger partial charge on any atom is -0.381 e. The van der Waals surface area contributed by atoms with Crippen molar-refractivity contribution in [2.45, 2.75) is 40.2 Å². The molecular weight excluding hydrogens is 206 g/mol. The molecule has 0 radical (unpaired) electrons. The summed E-state index contributed by atoms with van der Waals surface area (Å²) in [4.78, 5) is 0. The number of fused-ring (bicyclic) bond motifs is 1. The number of halogens is 1. The Bertz CT molecular complexity index is 359. The fraction of sp³-hybridized carbons (Fsp3) is 0.538. The second kappa shape index (κ2) is 3.41. The first-order chi connectivity index (χ1) is 6.89. The maximum atomic E-state index is 6.22. The van der Waals surface area contributed by atoms with E-state index in [4.69, 9.17) is 11.6 Å². The van der Waals surface area contributed by atoms with E-state index in [0.29, 0.717) is 6.04 Å². The number of aryl methyl sites for hydroxylation is 1. The standard InChI is InChI=1S/C13H18ClN/c1-8-5-6-10(14)9-7-11(13(2,3)4)15-12(8)9/h5-6,11,15H,7H2,1-4H3. The lowest BCUT2D eigenvalue weighted by molar-refractivity contribution is 0.347. The topological polar surface area (TPSA) is 12.0 Å². The Morgan fingerprint density at radius 3 is 2.53 bits per heavy atom. The second-order valence-corrected chi connectivity index (χ2v) is 5.89. The highest BCUT2D eigenvalue weighted by Crippen LogP contribution is 2.39. The van der Waals surface area contributed by atoms with E-state index in [0.717, 1.165) is 11.4 Å². The minimum atomic E-state index is 0.273. The van der Waals surface area contributed by atoms with Crippen LogP contribution in [0.4, 0.5) is 5.69 Å². The van der Waals surface area contributed by atoms with Gasteiger partial charge >= 0.3 is 0 Å². The molecule has 1 aliphatic rings. The molecule has 1 atom stereocenters. The molecule has 82 valence electrons. The van der Waals surface area contributed by atoms with E-state index in [9.17, 15) is 0 Å². The van der Waals surface area contributed by atoms with Crippen molar-refractivity contribution in [3.8, 4) is 0 Å². The Morgan fingerprint density at radius 1 is 1.33 bits per heavy atom. The van der Waals surface area contributed by atoms with Crippen LogP contribution in [0.25, 0.3) is 0 Å². The summed E-state index contributed by atoms with van der Waals surface area (Å²) in [5.74, 6) is 0. The number of anilines is 1. The Morgan fingerprint density at radius 2 is 2.00 bits per heavy atom. The van der Waals surface area contributed by atoms with Crippen LogP contribution < -0.4 is 5.32 Å². The monoisotopic (exact) mass is 223 g/mol. The molecule has 1 aromatic carbocycles. The zero-order chi connectivity index (χ0) is 11.2. The molecule has 0 spiro atoms. The molecule has 1 nitrogen and oxygen atoms in total. The molecule has 0 bridgehead atoms. The van der Waals surface area contributed by atoms with Gasteiger partial charge in [0, 0.05) is 16.8 Å². The molecule has 2 rings (SSSR count). The summed E-state index contributed by atoms with van der Waals surface area (Å²) in [5.41, 5.74) is 4.11. The number of hydrogen-bond donors (Lipinski definition) is 1. The predicted octanol–water partition coefficient (Wildman–Crippen LogP) is 4.03. The van der Waals surface area contributed by atoms with E-state index in [1.54, 1.807) is 0 Å². The van der Waals surface area contributed by atoms with Crippen LogP contribution in [0.2, 0.25) is 5.02 Å². The Labute approximate surface area is 96.8 Å². The van der Waals surface area contributed by atoms with E-state index in [1.165, 1.54) is 16.8 Å². The first kappa shape index (κ1) is 10.8. The number of nitrogens with one attached hydrogen (secondary N) is 1. The van der Waals surface area contributed by atoms with Crippen molar-refractivity contribution in [1.82, 2.24) is 0 Å². The molecule has 2 heteroatoms. The SMILES string of the molecule is Cc1ccc(Cl)c2c1NC(C(C)(C)C)C2. The Balaban J connectivity index is 2.39. The first-order valence-corrected chi connectivity index (χ1v) is 5.82. The van der Waals surface area contributed by atoms with Gasteiger partial charge in [0.05, 0.1) is 0 Å². The van der Waals surface area contributed by atoms with Crippen LogP contribution >= 0.6 is 11.6 Å². The van der Waals surface area contributed by atoms with Crippen LogP contribution in [0.3, 0.4) is 0 Å². The van der Waals surface area contributed by atoms with Crippen molar-refractivity contribution in [3.63, 3.8) is 0 Å². The number of hydrogen-bond acceptors (Lipinski definition) is 1. The third kappa shape index (κ3) is 1.85. The highest BCUT2D eigenvalue weighted by Gasteiger charge is 2.32. The quantitative estimate of drug-likeness (QED) is 0.700. The zero-order valence-corrected chi connectivity index (χ0v) is 10.6. The molecule has 0 amide bonds. The maximum absolute atomic E-state index is 6.22. The predicted molar refractivity (Wildman–Crippen MR) is 66.8 cm³/mol. The molecule has 0 saturated carbocycles. The van der Waals surface area contributed by atoms with Crippen LogP contribution in [0.1, 0.15) is 31.9 Å². The van der Waals surface area contributed by atoms with Crippen LogP contribution in [0.15, 0.2) is 12.1 Å². The summed E-state index contributed by atoms with van der Waals surface area (Å²) in [6, 6.07) is 4.58. The van der Waals surface area contributed by atoms with Gasteiger partial charge in [0.15, 0.2) is 0 Å². The number of benzene rings is 1. The van der Waals surface area contributed by atoms with Gasteiger partial charge in [-0.1, -0.05) is 38.4 Å². The van der Waals surface area contributed by atoms with Gasteiger partial charge in [0.2, 0.25) is 0 Å². The highest BCUT2D eigenvalue weighted by molar-refractivity contribution is 6.31. The van der Waals surface area contributed by atoms with E-state index in [2.05, 4.69) is 39.1 Å². The number of rotatable bonds is 0. The Kier molecular flexibility index (Phi) is 2.46. The van der Waals surface area contributed by atoms with Gasteiger partial charge in [-0.2, -0.15) is 0 Å². The van der Waals surface area contributed by atoms with Crippen molar-refractivity contribution in [2.75, 3.05) is 5.32 Å². The average Bonchev–Trinajstić information content (AvgIpc) is 2.56. The lowest BCUT2D eigenvalue weighted by Crippen LogP contribution is -2.31. The smallest absolute Gasteiger partial charge is 0.0459 e. The molecular formula is C13H18ClN. The van der Waals surface area contributed by atoms with Crippen molar-refractivity contribution in [2.24, 2.45) is 5.41 Å². The highest BCUT2D eigenvalue weighted by atomic mass is 35.5. The van der Waals surface area contributed by atoms with Crippen molar-refractivity contribution >= 4 is 17.3 Å². The largest absolute Gasteiger partial charge is 0.381 e. The maximum Gasteiger partial charge on any atom is 0.0459 e. The molecule has 15 heavy (non-hydrogen) atoms. The average molecular weight is 224 g/mol. The summed E-state index contributed by atoms with van der Waals surface area (Å²) in [6.07, 6.45) is 1.04. The van der Waals surface area contributed by atoms with E-state index >= 15 is 0 Å². The summed E-state index contributed by atoms with van der Waals surface area (Å²) in [6.45, 7) is 8.92. The molecule has 1 unspecified atom stereocenters. The van der Waals surface area contributed by atoms with Gasteiger partial charge in [-0.15, -0.1) is 0 Å². The summed E-state index contributed by atoms with van der Waals surface area (Å²) >= 11 is 6.22. The lowest BCUT2D eigenvalue weighted by atomic mass is 9.85. The Hall–Kier alpha value is -0.690. The molecule has 0 aromatic heterocycles. The van der Waals surface area contributed by atoms with Crippen LogP contribution in [0, 0.1) is 12.3 Å². The first-order valence-electron chi connectivity index (χ1n) is 5.44. The lowest BCUT2D eigenvalue weighted by Gasteiger charge is -2.27. The fourth-order valence-electron chi connectivity index (χ4n) is 2.09. The fourth-order valence-corrected chi connectivity index (χ4v) is 2.33. The van der Waals surface area contributed by atoms with Crippen LogP contribution in [-0.4, -0.2) is 6.04 Å². The van der Waals surface area contributed by atoms with E-state index in [-0.39, 0.29) is 5.41 Å². The van der Waals surface area contributed by atoms with Gasteiger partial charge in [0.25, 0.3) is 0 Å². The van der Waals surface area contributed by atoms with Crippen molar-refractivity contribution in [3.05, 3.63) is 28.3 Å². The van der Waals surface area contributed by atoms with Crippen LogP contribution in [-0.2, 0) is 6.42 Å². The van der Waals surface area contributed by atoms with Gasteiger partial charge < -0.3 is 5.32 Å². The van der Waals surface area contributed by atoms with Crippen LogP contribution in [0.5, 0.6) is 0 Å². The van der Waals surface area contributed by atoms with Crippen molar-refractivity contribution < 1.29 is 0 Å². The molecule has 1 aliphatic heterocycles. The molecule has 1 heterocycles. The van der Waals surface area contributed by atoms with Gasteiger partial charge in [-0.05, 0) is 36.0 Å². The minimum absolute atomic E-state index is 0.273. The van der Waals surface area contributed by atoms with E-state index in [1.807, 2.05) is 6.07 Å². The normalized spacial score (nSPS) is 19.9. The third-order valence-corrected chi connectivity index (χ3v) is 3.59. The van der Waals surface area contributed by atoms with Crippen molar-refractivity contribution in [1.29, 1.82) is 0 Å². The molecule has 1 aromatic rings. The molecule has 0 saturated heterocycles. The summed E-state index contributed by atoms with van der Waals surface area (Å²) in [5, 5.41) is 4.50. The van der Waals surface area contributed by atoms with Gasteiger partial charge in [0.1, 0.15) is 0 Å². The molecule has 1 N–H and O–H groups in total. The van der Waals surface area contributed by atoms with Gasteiger partial charge in [-0.25, -0.2) is 0 Å².